The van der Waals surface area contributed by atoms with Crippen molar-refractivity contribution in [3.63, 3.8) is 0 Å². The van der Waals surface area contributed by atoms with Crippen molar-refractivity contribution < 1.29 is 28.2 Å². The molecule has 8 nitrogen and oxygen atoms in total. The largest absolute Gasteiger partial charge is 0.460 e. The van der Waals surface area contributed by atoms with Crippen LogP contribution < -0.4 is 20.2 Å². The van der Waals surface area contributed by atoms with E-state index in [0.717, 1.165) is 0 Å². The number of hydrogen-bond acceptors (Lipinski definition) is 7. The van der Waals surface area contributed by atoms with Crippen molar-refractivity contribution in [2.45, 2.75) is 52.7 Å². The van der Waals surface area contributed by atoms with Crippen LogP contribution in [0.2, 0.25) is 0 Å². The van der Waals surface area contributed by atoms with Crippen molar-refractivity contribution in [3.05, 3.63) is 65.0 Å². The summed E-state index contributed by atoms with van der Waals surface area (Å²) < 4.78 is 21.9. The Bertz CT molecular complexity index is 1210. The molecule has 34 heavy (non-hydrogen) atoms. The average molecular weight is 468 g/mol. The molecule has 2 unspecified atom stereocenters. The maximum Gasteiger partial charge on any atom is 0.408 e. The minimum Gasteiger partial charge on any atom is -0.460 e. The van der Waals surface area contributed by atoms with Crippen molar-refractivity contribution in [2.75, 3.05) is 0 Å². The van der Waals surface area contributed by atoms with Crippen LogP contribution in [0.3, 0.4) is 0 Å². The van der Waals surface area contributed by atoms with Crippen LogP contribution in [0, 0.1) is 5.92 Å². The Morgan fingerprint density at radius 3 is 2.41 bits per heavy atom. The molecule has 2 atom stereocenters. The van der Waals surface area contributed by atoms with E-state index in [4.69, 9.17) is 18.6 Å². The number of para-hydroxylation sites is 1. The monoisotopic (exact) mass is 467 g/mol. The van der Waals surface area contributed by atoms with Crippen LogP contribution in [0.1, 0.15) is 41.0 Å². The van der Waals surface area contributed by atoms with Crippen LogP contribution in [0.5, 0.6) is 17.2 Å². The van der Waals surface area contributed by atoms with Gasteiger partial charge in [0.2, 0.25) is 11.2 Å². The molecule has 180 valence electrons. The van der Waals surface area contributed by atoms with Gasteiger partial charge in [0.25, 0.3) is 0 Å². The Morgan fingerprint density at radius 1 is 1.06 bits per heavy atom. The van der Waals surface area contributed by atoms with E-state index in [-0.39, 0.29) is 33.8 Å². The lowest BCUT2D eigenvalue weighted by Gasteiger charge is -2.25. The second-order valence-corrected chi connectivity index (χ2v) is 8.93. The van der Waals surface area contributed by atoms with Gasteiger partial charge in [0, 0.05) is 6.07 Å². The third-order valence-corrected chi connectivity index (χ3v) is 5.04. The molecular formula is C26H29NO7. The van der Waals surface area contributed by atoms with E-state index in [1.54, 1.807) is 45.0 Å². The number of ether oxygens (including phenoxy) is 3. The molecule has 0 bridgehead atoms. The second kappa shape index (κ2) is 10.4. The molecule has 8 heteroatoms. The highest BCUT2D eigenvalue weighted by Crippen LogP contribution is 2.24. The first-order valence-corrected chi connectivity index (χ1v) is 11.1. The first-order valence-electron chi connectivity index (χ1n) is 11.1. The molecule has 0 radical (unpaired) electrons. The zero-order chi connectivity index (χ0) is 24.9. The zero-order valence-corrected chi connectivity index (χ0v) is 19.9. The number of esters is 1. The topological polar surface area (TPSA) is 104 Å². The first-order chi connectivity index (χ1) is 16.1. The van der Waals surface area contributed by atoms with E-state index in [9.17, 15) is 14.4 Å². The molecular weight excluding hydrogens is 438 g/mol. The summed E-state index contributed by atoms with van der Waals surface area (Å²) in [7, 11) is 0. The predicted octanol–water partition coefficient (Wildman–Crippen LogP) is 5.43. The Morgan fingerprint density at radius 2 is 1.76 bits per heavy atom. The van der Waals surface area contributed by atoms with Gasteiger partial charge in [-0.1, -0.05) is 38.5 Å². The summed E-state index contributed by atoms with van der Waals surface area (Å²) >= 11 is 0. The smallest absolute Gasteiger partial charge is 0.408 e. The third-order valence-electron chi connectivity index (χ3n) is 5.04. The molecule has 0 fully saturated rings. The fourth-order valence-corrected chi connectivity index (χ4v) is 3.12. The molecule has 0 aliphatic heterocycles. The van der Waals surface area contributed by atoms with Crippen LogP contribution in [0.4, 0.5) is 4.79 Å². The number of carbonyl (C=O) groups is 2. The summed E-state index contributed by atoms with van der Waals surface area (Å²) in [6.07, 6.45) is 1.15. The van der Waals surface area contributed by atoms with Gasteiger partial charge in [-0.25, -0.2) is 9.59 Å². The molecule has 0 aliphatic carbocycles. The Kier molecular flexibility index (Phi) is 7.61. The van der Waals surface area contributed by atoms with Crippen LogP contribution in [-0.2, 0) is 9.53 Å². The molecule has 2 aromatic carbocycles. The second-order valence-electron chi connectivity index (χ2n) is 8.93. The molecule has 1 amide bonds. The summed E-state index contributed by atoms with van der Waals surface area (Å²) in [6, 6.07) is 12.4. The molecule has 1 aromatic heterocycles. The number of carbonyl (C=O) groups excluding carboxylic acids is 2. The van der Waals surface area contributed by atoms with Gasteiger partial charge in [0.1, 0.15) is 35.0 Å². The van der Waals surface area contributed by atoms with Gasteiger partial charge in [0.05, 0.1) is 5.39 Å². The lowest BCUT2D eigenvalue weighted by molar-refractivity contribution is -0.138. The van der Waals surface area contributed by atoms with Crippen LogP contribution in [0.15, 0.2) is 64.0 Å². The van der Waals surface area contributed by atoms with E-state index in [1.807, 2.05) is 19.9 Å². The van der Waals surface area contributed by atoms with Crippen LogP contribution in [-0.4, -0.2) is 23.7 Å². The Balaban J connectivity index is 1.78. The lowest BCUT2D eigenvalue weighted by atomic mass is 9.99. The number of benzene rings is 2. The van der Waals surface area contributed by atoms with Crippen molar-refractivity contribution in [3.8, 4) is 17.2 Å². The van der Waals surface area contributed by atoms with E-state index >= 15 is 0 Å². The number of rotatable bonds is 7. The maximum absolute atomic E-state index is 12.9. The van der Waals surface area contributed by atoms with E-state index in [1.165, 1.54) is 24.5 Å². The van der Waals surface area contributed by atoms with Gasteiger partial charge in [0.15, 0.2) is 0 Å². The fraction of sp³-hybridized carbons (Fsp3) is 0.346. The van der Waals surface area contributed by atoms with Gasteiger partial charge in [-0.2, -0.15) is 0 Å². The molecule has 0 saturated carbocycles. The SMILES string of the molecule is CCC(C)C(NC(=O)OC(C)(C)C)C(=O)Oc1ccc2c(=O)c(Oc3ccccc3)coc2c1. The minimum absolute atomic E-state index is 0.0434. The number of fused-ring (bicyclic) bond motifs is 1. The molecule has 1 N–H and O–H groups in total. The molecule has 1 heterocycles. The summed E-state index contributed by atoms with van der Waals surface area (Å²) in [5, 5.41) is 2.87. The van der Waals surface area contributed by atoms with E-state index < -0.39 is 23.7 Å². The summed E-state index contributed by atoms with van der Waals surface area (Å²) in [6.45, 7) is 8.95. The number of alkyl carbamates (subject to hydrolysis) is 1. The van der Waals surface area contributed by atoms with Gasteiger partial charge in [-0.05, 0) is 51.0 Å². The predicted molar refractivity (Wildman–Crippen MR) is 127 cm³/mol. The van der Waals surface area contributed by atoms with Crippen molar-refractivity contribution in [2.24, 2.45) is 5.92 Å². The standard InChI is InChI=1S/C26H29NO7/c1-6-16(2)22(27-25(30)34-26(3,4)5)24(29)33-18-12-13-19-20(14-18)31-15-21(23(19)28)32-17-10-8-7-9-11-17/h7-16,22H,6H2,1-5H3,(H,27,30). The van der Waals surface area contributed by atoms with Crippen molar-refractivity contribution in [1.29, 1.82) is 0 Å². The molecule has 0 aliphatic rings. The maximum atomic E-state index is 12.9. The van der Waals surface area contributed by atoms with Gasteiger partial charge in [-0.15, -0.1) is 0 Å². The summed E-state index contributed by atoms with van der Waals surface area (Å²) in [5.41, 5.74) is -0.824. The molecule has 3 aromatic rings. The molecule has 0 saturated heterocycles. The zero-order valence-electron chi connectivity index (χ0n) is 19.9. The van der Waals surface area contributed by atoms with Crippen LogP contribution in [0.25, 0.3) is 11.0 Å². The number of nitrogens with one attached hydrogen (secondary N) is 1. The lowest BCUT2D eigenvalue weighted by Crippen LogP contribution is -2.48. The van der Waals surface area contributed by atoms with Gasteiger partial charge >= 0.3 is 12.1 Å². The van der Waals surface area contributed by atoms with Gasteiger partial charge in [-0.3, -0.25) is 4.79 Å². The highest BCUT2D eigenvalue weighted by molar-refractivity contribution is 5.85. The van der Waals surface area contributed by atoms with E-state index in [2.05, 4.69) is 5.32 Å². The highest BCUT2D eigenvalue weighted by Gasteiger charge is 2.30. The fourth-order valence-electron chi connectivity index (χ4n) is 3.12. The van der Waals surface area contributed by atoms with Crippen molar-refractivity contribution >= 4 is 23.0 Å². The highest BCUT2D eigenvalue weighted by atomic mass is 16.6. The summed E-state index contributed by atoms with van der Waals surface area (Å²) in [5.74, 6) is -0.117. The minimum atomic E-state index is -0.913. The van der Waals surface area contributed by atoms with Crippen molar-refractivity contribution in [1.82, 2.24) is 5.32 Å². The number of hydrogen-bond donors (Lipinski definition) is 1. The third kappa shape index (κ3) is 6.37. The molecule has 0 spiro atoms. The Labute approximate surface area is 197 Å². The summed E-state index contributed by atoms with van der Waals surface area (Å²) in [4.78, 5) is 37.9. The van der Waals surface area contributed by atoms with Gasteiger partial charge < -0.3 is 23.9 Å². The average Bonchev–Trinajstić information content (AvgIpc) is 2.78. The normalized spacial score (nSPS) is 13.1. The van der Waals surface area contributed by atoms with Crippen LogP contribution >= 0.6 is 0 Å². The quantitative estimate of drug-likeness (QED) is 0.365. The first kappa shape index (κ1) is 24.8. The number of amides is 1. The van der Waals surface area contributed by atoms with E-state index in [0.29, 0.717) is 12.2 Å². The Hall–Kier alpha value is -3.81. The molecule has 3 rings (SSSR count).